The summed E-state index contributed by atoms with van der Waals surface area (Å²) < 4.78 is 28.3. The fourth-order valence-corrected chi connectivity index (χ4v) is 2.16. The molecule has 2 aromatic carbocycles. The van der Waals surface area contributed by atoms with Crippen molar-refractivity contribution in [2.75, 3.05) is 21.3 Å². The highest BCUT2D eigenvalue weighted by Crippen LogP contribution is 2.46. The van der Waals surface area contributed by atoms with E-state index >= 15 is 0 Å². The van der Waals surface area contributed by atoms with E-state index in [1.807, 2.05) is 0 Å². The van der Waals surface area contributed by atoms with Crippen LogP contribution in [-0.4, -0.2) is 32.2 Å². The normalized spacial score (nSPS) is 10.7. The smallest absolute Gasteiger partial charge is 0.207 e. The van der Waals surface area contributed by atoms with Crippen LogP contribution < -0.4 is 14.2 Å². The molecule has 0 aliphatic carbocycles. The number of phenolic OH excluding ortho intramolecular Hbond substituents is 1. The Balaban J connectivity index is 2.40. The van der Waals surface area contributed by atoms with Crippen molar-refractivity contribution in [3.8, 4) is 23.0 Å². The zero-order chi connectivity index (χ0) is 17.7. The Hall–Kier alpha value is -3.02. The van der Waals surface area contributed by atoms with Gasteiger partial charge < -0.3 is 19.3 Å². The molecule has 0 heterocycles. The molecule has 2 rings (SSSR count). The third-order valence-corrected chi connectivity index (χ3v) is 3.37. The van der Waals surface area contributed by atoms with Crippen LogP contribution in [-0.2, 0) is 0 Å². The number of hydrogen-bond donors (Lipinski definition) is 1. The minimum absolute atomic E-state index is 0.00265. The summed E-state index contributed by atoms with van der Waals surface area (Å²) in [6.45, 7) is 0. The highest BCUT2D eigenvalue weighted by molar-refractivity contribution is 6.09. The average Bonchev–Trinajstić information content (AvgIpc) is 2.60. The largest absolute Gasteiger partial charge is 0.504 e. The first kappa shape index (κ1) is 17.3. The Bertz CT molecular complexity index is 766. The first-order valence-corrected chi connectivity index (χ1v) is 7.01. The van der Waals surface area contributed by atoms with Gasteiger partial charge in [0.15, 0.2) is 17.3 Å². The van der Waals surface area contributed by atoms with Crippen LogP contribution in [0.5, 0.6) is 23.0 Å². The number of methoxy groups -OCH3 is 3. The SMILES string of the molecule is COc1cc(C(=O)C=Cc2ccc(F)cc2)c(O)c(OC)c1OC. The number of phenols is 1. The first-order valence-electron chi connectivity index (χ1n) is 7.01. The van der Waals surface area contributed by atoms with Crippen molar-refractivity contribution in [1.29, 1.82) is 0 Å². The summed E-state index contributed by atoms with van der Waals surface area (Å²) in [5, 5.41) is 10.3. The van der Waals surface area contributed by atoms with E-state index in [9.17, 15) is 14.3 Å². The van der Waals surface area contributed by atoms with E-state index in [1.165, 1.54) is 63.8 Å². The van der Waals surface area contributed by atoms with Gasteiger partial charge in [-0.1, -0.05) is 18.2 Å². The lowest BCUT2D eigenvalue weighted by molar-refractivity contribution is 0.104. The maximum Gasteiger partial charge on any atom is 0.207 e. The van der Waals surface area contributed by atoms with Gasteiger partial charge in [-0.15, -0.1) is 0 Å². The molecule has 0 atom stereocenters. The quantitative estimate of drug-likeness (QED) is 0.648. The third-order valence-electron chi connectivity index (χ3n) is 3.37. The molecule has 2 aromatic rings. The number of aromatic hydroxyl groups is 1. The number of ketones is 1. The molecule has 0 aromatic heterocycles. The van der Waals surface area contributed by atoms with E-state index in [0.29, 0.717) is 5.56 Å². The average molecular weight is 332 g/mol. The van der Waals surface area contributed by atoms with Gasteiger partial charge in [-0.2, -0.15) is 0 Å². The maximum atomic E-state index is 12.9. The van der Waals surface area contributed by atoms with Gasteiger partial charge in [0, 0.05) is 0 Å². The van der Waals surface area contributed by atoms with Gasteiger partial charge in [0.2, 0.25) is 11.5 Å². The van der Waals surface area contributed by atoms with Crippen molar-refractivity contribution in [3.05, 3.63) is 53.4 Å². The summed E-state index contributed by atoms with van der Waals surface area (Å²) in [7, 11) is 4.16. The second-order valence-electron chi connectivity index (χ2n) is 4.79. The number of allylic oxidation sites excluding steroid dienone is 1. The molecule has 0 spiro atoms. The Kier molecular flexibility index (Phi) is 5.42. The molecular weight excluding hydrogens is 315 g/mol. The fraction of sp³-hybridized carbons (Fsp3) is 0.167. The number of carbonyl (C=O) groups excluding carboxylic acids is 1. The van der Waals surface area contributed by atoms with Gasteiger partial charge in [0.1, 0.15) is 5.82 Å². The Labute approximate surface area is 138 Å². The molecule has 0 saturated carbocycles. The highest BCUT2D eigenvalue weighted by atomic mass is 19.1. The first-order chi connectivity index (χ1) is 11.5. The Morgan fingerprint density at radius 3 is 2.21 bits per heavy atom. The number of benzene rings is 2. The maximum absolute atomic E-state index is 12.9. The molecule has 0 radical (unpaired) electrons. The van der Waals surface area contributed by atoms with Crippen LogP contribution >= 0.6 is 0 Å². The van der Waals surface area contributed by atoms with Crippen LogP contribution in [0.25, 0.3) is 6.08 Å². The minimum Gasteiger partial charge on any atom is -0.504 e. The van der Waals surface area contributed by atoms with Gasteiger partial charge in [0.25, 0.3) is 0 Å². The predicted octanol–water partition coefficient (Wildman–Crippen LogP) is 3.45. The van der Waals surface area contributed by atoms with Gasteiger partial charge in [-0.3, -0.25) is 4.79 Å². The van der Waals surface area contributed by atoms with E-state index in [2.05, 4.69) is 0 Å². The lowest BCUT2D eigenvalue weighted by Crippen LogP contribution is -2.01. The van der Waals surface area contributed by atoms with E-state index in [1.54, 1.807) is 0 Å². The summed E-state index contributed by atoms with van der Waals surface area (Å²) in [5.74, 6) is -0.710. The Morgan fingerprint density at radius 2 is 1.67 bits per heavy atom. The molecule has 0 bridgehead atoms. The van der Waals surface area contributed by atoms with Gasteiger partial charge in [-0.25, -0.2) is 4.39 Å². The van der Waals surface area contributed by atoms with E-state index in [-0.39, 0.29) is 34.4 Å². The summed E-state index contributed by atoms with van der Waals surface area (Å²) in [5.41, 5.74) is 0.652. The lowest BCUT2D eigenvalue weighted by Gasteiger charge is -2.15. The molecule has 1 N–H and O–H groups in total. The minimum atomic E-state index is -0.462. The standard InChI is InChI=1S/C18H17FO5/c1-22-15-10-13(16(21)18(24-3)17(15)23-2)14(20)9-6-11-4-7-12(19)8-5-11/h4-10,21H,1-3H3. The molecule has 0 fully saturated rings. The van der Waals surface area contributed by atoms with E-state index in [4.69, 9.17) is 14.2 Å². The van der Waals surface area contributed by atoms with Crippen LogP contribution in [0.2, 0.25) is 0 Å². The Morgan fingerprint density at radius 1 is 1.04 bits per heavy atom. The number of halogens is 1. The second kappa shape index (κ2) is 7.50. The number of rotatable bonds is 6. The molecule has 0 saturated heterocycles. The van der Waals surface area contributed by atoms with Crippen LogP contribution in [0.1, 0.15) is 15.9 Å². The molecule has 0 amide bonds. The molecule has 0 unspecified atom stereocenters. The van der Waals surface area contributed by atoms with Crippen molar-refractivity contribution in [3.63, 3.8) is 0 Å². The molecule has 0 aliphatic heterocycles. The van der Waals surface area contributed by atoms with Crippen LogP contribution in [0.3, 0.4) is 0 Å². The number of ether oxygens (including phenoxy) is 3. The molecule has 126 valence electrons. The monoisotopic (exact) mass is 332 g/mol. The zero-order valence-corrected chi connectivity index (χ0v) is 13.5. The number of hydrogen-bond acceptors (Lipinski definition) is 5. The van der Waals surface area contributed by atoms with E-state index < -0.39 is 5.78 Å². The third kappa shape index (κ3) is 3.48. The summed E-state index contributed by atoms with van der Waals surface area (Å²) in [6.07, 6.45) is 2.79. The topological polar surface area (TPSA) is 65.0 Å². The second-order valence-corrected chi connectivity index (χ2v) is 4.79. The van der Waals surface area contributed by atoms with Crippen molar-refractivity contribution in [1.82, 2.24) is 0 Å². The summed E-state index contributed by atoms with van der Waals surface area (Å²) in [6, 6.07) is 7.03. The van der Waals surface area contributed by atoms with E-state index in [0.717, 1.165) is 0 Å². The highest BCUT2D eigenvalue weighted by Gasteiger charge is 2.22. The molecule has 0 aliphatic rings. The lowest BCUT2D eigenvalue weighted by atomic mass is 10.1. The van der Waals surface area contributed by atoms with Crippen LogP contribution in [0, 0.1) is 5.82 Å². The molecule has 5 nitrogen and oxygen atoms in total. The van der Waals surface area contributed by atoms with Crippen LogP contribution in [0.15, 0.2) is 36.4 Å². The van der Waals surface area contributed by atoms with Gasteiger partial charge in [-0.05, 0) is 29.8 Å². The summed E-state index contributed by atoms with van der Waals surface area (Å²) in [4.78, 5) is 12.4. The van der Waals surface area contributed by atoms with Crippen molar-refractivity contribution in [2.45, 2.75) is 0 Å². The summed E-state index contributed by atoms with van der Waals surface area (Å²) >= 11 is 0. The van der Waals surface area contributed by atoms with Crippen molar-refractivity contribution in [2.24, 2.45) is 0 Å². The molecular formula is C18H17FO5. The van der Waals surface area contributed by atoms with Crippen LogP contribution in [0.4, 0.5) is 4.39 Å². The van der Waals surface area contributed by atoms with Crippen molar-refractivity contribution < 1.29 is 28.5 Å². The molecule has 24 heavy (non-hydrogen) atoms. The molecule has 6 heteroatoms. The zero-order valence-electron chi connectivity index (χ0n) is 13.5. The predicted molar refractivity (Wildman–Crippen MR) is 87.5 cm³/mol. The van der Waals surface area contributed by atoms with Crippen molar-refractivity contribution >= 4 is 11.9 Å². The number of carbonyl (C=O) groups is 1. The van der Waals surface area contributed by atoms with Gasteiger partial charge in [0.05, 0.1) is 26.9 Å². The fourth-order valence-electron chi connectivity index (χ4n) is 2.16. The van der Waals surface area contributed by atoms with Gasteiger partial charge >= 0.3 is 0 Å².